The number of ketones is 1. The molecule has 2 aromatic rings. The summed E-state index contributed by atoms with van der Waals surface area (Å²) in [6, 6.07) is 13.8. The van der Waals surface area contributed by atoms with Crippen molar-refractivity contribution in [2.45, 2.75) is 32.2 Å². The highest BCUT2D eigenvalue weighted by molar-refractivity contribution is 6.27. The topological polar surface area (TPSA) is 37.4 Å². The van der Waals surface area contributed by atoms with Crippen molar-refractivity contribution in [3.8, 4) is 0 Å². The van der Waals surface area contributed by atoms with E-state index in [0.29, 0.717) is 12.1 Å². The molecule has 4 heteroatoms. The second-order valence-corrected chi connectivity index (χ2v) is 6.31. The predicted molar refractivity (Wildman–Crippen MR) is 96.9 cm³/mol. The van der Waals surface area contributed by atoms with Crippen molar-refractivity contribution in [2.24, 2.45) is 0 Å². The van der Waals surface area contributed by atoms with Crippen molar-refractivity contribution in [3.05, 3.63) is 59.8 Å². The predicted octanol–water partition coefficient (Wildman–Crippen LogP) is 4.61. The minimum absolute atomic E-state index is 0.0202. The molecule has 1 aliphatic rings. The van der Waals surface area contributed by atoms with Gasteiger partial charge in [-0.1, -0.05) is 48.5 Å². The van der Waals surface area contributed by atoms with Crippen molar-refractivity contribution in [2.75, 3.05) is 5.88 Å². The highest BCUT2D eigenvalue weighted by Crippen LogP contribution is 2.32. The number of hydrogen-bond donors (Lipinski definition) is 0. The Bertz CT molecular complexity index is 807. The van der Waals surface area contributed by atoms with E-state index in [0.717, 1.165) is 29.2 Å². The maximum Gasteiger partial charge on any atom is 0.242 e. The number of Topliss-reactive ketones (excluding diaryl/α,β-unsaturated/α-hetero) is 1. The van der Waals surface area contributed by atoms with Crippen LogP contribution in [0, 0.1) is 0 Å². The van der Waals surface area contributed by atoms with Gasteiger partial charge in [0, 0.05) is 6.42 Å². The molecule has 1 amide bonds. The second-order valence-electron chi connectivity index (χ2n) is 6.05. The molecule has 0 unspecified atom stereocenters. The van der Waals surface area contributed by atoms with E-state index in [2.05, 4.69) is 0 Å². The lowest BCUT2D eigenvalue weighted by atomic mass is 9.96. The minimum Gasteiger partial charge on any atom is -0.301 e. The number of carbonyl (C=O) groups excluding carboxylic acids is 2. The van der Waals surface area contributed by atoms with E-state index >= 15 is 0 Å². The Morgan fingerprint density at radius 3 is 2.71 bits per heavy atom. The molecule has 0 spiro atoms. The zero-order valence-electron chi connectivity index (χ0n) is 13.7. The summed E-state index contributed by atoms with van der Waals surface area (Å²) in [6.07, 6.45) is 4.02. The highest BCUT2D eigenvalue weighted by atomic mass is 35.5. The van der Waals surface area contributed by atoms with Crippen LogP contribution >= 0.6 is 11.6 Å². The third-order valence-electron chi connectivity index (χ3n) is 4.53. The molecule has 2 aromatic carbocycles. The highest BCUT2D eigenvalue weighted by Gasteiger charge is 2.30. The van der Waals surface area contributed by atoms with Crippen LogP contribution in [-0.2, 0) is 9.59 Å². The third-order valence-corrected chi connectivity index (χ3v) is 4.76. The SMILES string of the molecule is C[C@@H](c1cccc2ccccc12)N(C(=O)CCl)C1=CCCCC1=O. The lowest BCUT2D eigenvalue weighted by Gasteiger charge is -2.32. The first-order valence-corrected chi connectivity index (χ1v) is 8.76. The maximum atomic E-state index is 12.5. The molecule has 0 heterocycles. The first kappa shape index (κ1) is 16.7. The average Bonchev–Trinajstić information content (AvgIpc) is 2.62. The van der Waals surface area contributed by atoms with Gasteiger partial charge < -0.3 is 4.90 Å². The maximum absolute atomic E-state index is 12.5. The van der Waals surface area contributed by atoms with Crippen LogP contribution in [0.15, 0.2) is 54.2 Å². The number of fused-ring (bicyclic) bond motifs is 1. The van der Waals surface area contributed by atoms with Crippen LogP contribution in [0.1, 0.15) is 37.8 Å². The lowest BCUT2D eigenvalue weighted by molar-refractivity contribution is -0.132. The molecule has 0 saturated carbocycles. The van der Waals surface area contributed by atoms with Gasteiger partial charge in [0.15, 0.2) is 5.78 Å². The summed E-state index contributed by atoms with van der Waals surface area (Å²) >= 11 is 5.83. The van der Waals surface area contributed by atoms with Crippen molar-refractivity contribution < 1.29 is 9.59 Å². The number of nitrogens with zero attached hydrogens (tertiary/aromatic N) is 1. The molecule has 0 bridgehead atoms. The van der Waals surface area contributed by atoms with Crippen molar-refractivity contribution in [3.63, 3.8) is 0 Å². The number of carbonyl (C=O) groups is 2. The van der Waals surface area contributed by atoms with Crippen LogP contribution in [0.3, 0.4) is 0 Å². The molecule has 0 aliphatic heterocycles. The molecule has 124 valence electrons. The molecule has 1 atom stereocenters. The van der Waals surface area contributed by atoms with Gasteiger partial charge in [-0.3, -0.25) is 9.59 Å². The number of halogens is 1. The molecular formula is C20H20ClNO2. The van der Waals surface area contributed by atoms with E-state index in [1.165, 1.54) is 0 Å². The standard InChI is InChI=1S/C20H20ClNO2/c1-14(16-10-6-8-15-7-2-3-9-17(15)16)22(20(24)13-21)18-11-4-5-12-19(18)23/h2-3,6-11,14H,4-5,12-13H2,1H3/t14-/m0/s1. The molecule has 0 radical (unpaired) electrons. The Labute approximate surface area is 146 Å². The summed E-state index contributed by atoms with van der Waals surface area (Å²) in [7, 11) is 0. The van der Waals surface area contributed by atoms with Gasteiger partial charge in [0.1, 0.15) is 5.88 Å². The van der Waals surface area contributed by atoms with Crippen molar-refractivity contribution in [1.29, 1.82) is 0 Å². The Kier molecular flexibility index (Phi) is 5.00. The van der Waals surface area contributed by atoms with Gasteiger partial charge in [0.2, 0.25) is 5.91 Å². The second kappa shape index (κ2) is 7.18. The molecular weight excluding hydrogens is 322 g/mol. The molecule has 3 nitrogen and oxygen atoms in total. The Hall–Kier alpha value is -2.13. The summed E-state index contributed by atoms with van der Waals surface area (Å²) in [5, 5.41) is 2.20. The first-order valence-electron chi connectivity index (χ1n) is 8.22. The summed E-state index contributed by atoms with van der Waals surface area (Å²) in [5.41, 5.74) is 1.51. The van der Waals surface area contributed by atoms with Gasteiger partial charge in [-0.15, -0.1) is 11.6 Å². The quantitative estimate of drug-likeness (QED) is 0.762. The number of alkyl halides is 1. The average molecular weight is 342 g/mol. The monoisotopic (exact) mass is 341 g/mol. The van der Waals surface area contributed by atoms with E-state index in [1.54, 1.807) is 4.90 Å². The van der Waals surface area contributed by atoms with Crippen LogP contribution in [0.5, 0.6) is 0 Å². The number of rotatable bonds is 4. The van der Waals surface area contributed by atoms with Crippen LogP contribution < -0.4 is 0 Å². The zero-order valence-corrected chi connectivity index (χ0v) is 14.4. The van der Waals surface area contributed by atoms with Gasteiger partial charge in [-0.25, -0.2) is 0 Å². The van der Waals surface area contributed by atoms with E-state index < -0.39 is 0 Å². The summed E-state index contributed by atoms with van der Waals surface area (Å²) in [5.74, 6) is -0.356. The van der Waals surface area contributed by atoms with E-state index in [1.807, 2.05) is 55.5 Å². The van der Waals surface area contributed by atoms with E-state index in [4.69, 9.17) is 11.6 Å². The molecule has 24 heavy (non-hydrogen) atoms. The van der Waals surface area contributed by atoms with E-state index in [9.17, 15) is 9.59 Å². The van der Waals surface area contributed by atoms with Gasteiger partial charge in [-0.2, -0.15) is 0 Å². The molecule has 0 fully saturated rings. The van der Waals surface area contributed by atoms with Crippen LogP contribution in [-0.4, -0.2) is 22.5 Å². The van der Waals surface area contributed by atoms with Crippen LogP contribution in [0.25, 0.3) is 10.8 Å². The number of allylic oxidation sites excluding steroid dienone is 2. The number of benzene rings is 2. The molecule has 1 aliphatic carbocycles. The van der Waals surface area contributed by atoms with Crippen molar-refractivity contribution >= 4 is 34.1 Å². The lowest BCUT2D eigenvalue weighted by Crippen LogP contribution is -2.37. The molecule has 3 rings (SSSR count). The zero-order chi connectivity index (χ0) is 17.1. The van der Waals surface area contributed by atoms with Gasteiger partial charge in [0.25, 0.3) is 0 Å². The molecule has 0 aromatic heterocycles. The van der Waals surface area contributed by atoms with Crippen LogP contribution in [0.2, 0.25) is 0 Å². The third kappa shape index (κ3) is 3.09. The minimum atomic E-state index is -0.254. The molecule has 0 N–H and O–H groups in total. The smallest absolute Gasteiger partial charge is 0.242 e. The van der Waals surface area contributed by atoms with E-state index in [-0.39, 0.29) is 23.6 Å². The first-order chi connectivity index (χ1) is 11.6. The summed E-state index contributed by atoms with van der Waals surface area (Å²) in [4.78, 5) is 26.4. The Morgan fingerprint density at radius 1 is 1.21 bits per heavy atom. The van der Waals surface area contributed by atoms with Crippen molar-refractivity contribution in [1.82, 2.24) is 4.90 Å². The Morgan fingerprint density at radius 2 is 1.96 bits per heavy atom. The van der Waals surface area contributed by atoms with Gasteiger partial charge >= 0.3 is 0 Å². The number of amides is 1. The fraction of sp³-hybridized carbons (Fsp3) is 0.300. The summed E-state index contributed by atoms with van der Waals surface area (Å²) < 4.78 is 0. The number of hydrogen-bond acceptors (Lipinski definition) is 2. The molecule has 0 saturated heterocycles. The normalized spacial score (nSPS) is 15.9. The fourth-order valence-electron chi connectivity index (χ4n) is 3.35. The summed E-state index contributed by atoms with van der Waals surface area (Å²) in [6.45, 7) is 1.95. The van der Waals surface area contributed by atoms with Gasteiger partial charge in [0.05, 0.1) is 11.7 Å². The fourth-order valence-corrected chi connectivity index (χ4v) is 3.48. The Balaban J connectivity index is 2.08. The van der Waals surface area contributed by atoms with Gasteiger partial charge in [-0.05, 0) is 36.1 Å². The van der Waals surface area contributed by atoms with Crippen LogP contribution in [0.4, 0.5) is 0 Å². The largest absolute Gasteiger partial charge is 0.301 e.